The van der Waals surface area contributed by atoms with Gasteiger partial charge in [0, 0.05) is 18.1 Å². The lowest BCUT2D eigenvalue weighted by Crippen LogP contribution is -2.29. The molecule has 1 heterocycles. The van der Waals surface area contributed by atoms with Gasteiger partial charge in [-0.05, 0) is 50.9 Å². The summed E-state index contributed by atoms with van der Waals surface area (Å²) in [5.74, 6) is 1.15. The first-order valence-electron chi connectivity index (χ1n) is 10.3. The van der Waals surface area contributed by atoms with Gasteiger partial charge in [-0.1, -0.05) is 37.3 Å². The molecule has 0 saturated carbocycles. The largest absolute Gasteiger partial charge is 0.483 e. The number of rotatable bonds is 9. The van der Waals surface area contributed by atoms with Crippen molar-refractivity contribution in [2.45, 2.75) is 39.7 Å². The molecule has 0 bridgehead atoms. The van der Waals surface area contributed by atoms with Gasteiger partial charge in [0.1, 0.15) is 5.60 Å². The number of fused-ring (bicyclic) bond motifs is 1. The van der Waals surface area contributed by atoms with Crippen LogP contribution in [0.5, 0.6) is 11.5 Å². The fourth-order valence-corrected chi connectivity index (χ4v) is 6.70. The van der Waals surface area contributed by atoms with Gasteiger partial charge in [-0.2, -0.15) is 0 Å². The second kappa shape index (κ2) is 9.98. The van der Waals surface area contributed by atoms with Gasteiger partial charge in [0.15, 0.2) is 11.5 Å². The number of benzene rings is 2. The molecule has 2 aromatic carbocycles. The van der Waals surface area contributed by atoms with Crippen LogP contribution < -0.4 is 18.9 Å². The Labute approximate surface area is 188 Å². The highest BCUT2D eigenvalue weighted by Crippen LogP contribution is 2.56. The highest BCUT2D eigenvalue weighted by Gasteiger charge is 2.33. The van der Waals surface area contributed by atoms with E-state index in [1.807, 2.05) is 70.2 Å². The quantitative estimate of drug-likeness (QED) is 0.283. The van der Waals surface area contributed by atoms with E-state index in [9.17, 15) is 9.36 Å². The van der Waals surface area contributed by atoms with Crippen molar-refractivity contribution >= 4 is 31.2 Å². The second-order valence-electron chi connectivity index (χ2n) is 7.60. The average molecular weight is 465 g/mol. The van der Waals surface area contributed by atoms with Crippen molar-refractivity contribution in [3.05, 3.63) is 54.1 Å². The van der Waals surface area contributed by atoms with E-state index in [1.54, 1.807) is 10.1 Å². The minimum Gasteiger partial charge on any atom is -0.483 e. The van der Waals surface area contributed by atoms with E-state index < -0.39 is 13.6 Å². The third-order valence-electron chi connectivity index (χ3n) is 4.65. The van der Waals surface area contributed by atoms with Crippen molar-refractivity contribution in [1.29, 1.82) is 0 Å². The van der Waals surface area contributed by atoms with Crippen LogP contribution >= 0.6 is 19.5 Å². The molecule has 9 heteroatoms. The molecular weight excluding hydrogens is 435 g/mol. The van der Waals surface area contributed by atoms with Gasteiger partial charge in [-0.25, -0.2) is 8.87 Å². The van der Waals surface area contributed by atoms with Gasteiger partial charge >= 0.3 is 13.6 Å². The van der Waals surface area contributed by atoms with E-state index >= 15 is 0 Å². The van der Waals surface area contributed by atoms with E-state index in [4.69, 9.17) is 14.0 Å². The zero-order valence-electron chi connectivity index (χ0n) is 18.3. The van der Waals surface area contributed by atoms with Crippen LogP contribution in [0, 0.1) is 0 Å². The summed E-state index contributed by atoms with van der Waals surface area (Å²) >= 11 is 1.21. The van der Waals surface area contributed by atoms with Crippen molar-refractivity contribution in [2.24, 2.45) is 0 Å². The van der Waals surface area contributed by atoms with Crippen LogP contribution in [0.25, 0.3) is 0 Å². The predicted molar refractivity (Wildman–Crippen MR) is 125 cm³/mol. The molecule has 1 amide bonds. The molecule has 0 spiro atoms. The Morgan fingerprint density at radius 3 is 2.61 bits per heavy atom. The van der Waals surface area contributed by atoms with Gasteiger partial charge < -0.3 is 19.3 Å². The summed E-state index contributed by atoms with van der Waals surface area (Å²) < 4.78 is 32.1. The summed E-state index contributed by atoms with van der Waals surface area (Å²) in [6.07, 6.45) is 0.494. The zero-order chi connectivity index (χ0) is 22.5. The van der Waals surface area contributed by atoms with Crippen LogP contribution in [0.3, 0.4) is 0 Å². The van der Waals surface area contributed by atoms with E-state index in [2.05, 4.69) is 5.32 Å². The maximum absolute atomic E-state index is 13.4. The summed E-state index contributed by atoms with van der Waals surface area (Å²) in [7, 11) is -3.10. The van der Waals surface area contributed by atoms with Gasteiger partial charge in [0.05, 0.1) is 18.2 Å². The normalized spacial score (nSPS) is 16.0. The number of carbonyl (C=O) groups excluding carboxylic acids is 1. The summed E-state index contributed by atoms with van der Waals surface area (Å²) in [6.45, 7) is 7.96. The minimum atomic E-state index is -3.10. The number of hydrogen-bond donors (Lipinski definition) is 1. The van der Waals surface area contributed by atoms with Crippen molar-refractivity contribution in [1.82, 2.24) is 5.32 Å². The fourth-order valence-electron chi connectivity index (χ4n) is 3.32. The van der Waals surface area contributed by atoms with Crippen LogP contribution in [0.1, 0.15) is 33.3 Å². The van der Waals surface area contributed by atoms with Gasteiger partial charge in [-0.3, -0.25) is 4.57 Å². The number of para-hydroxylation sites is 2. The number of nitrogens with one attached hydrogen (secondary N) is 1. The summed E-state index contributed by atoms with van der Waals surface area (Å²) in [6, 6.07) is 14.9. The predicted octanol–water partition coefficient (Wildman–Crippen LogP) is 5.85. The lowest BCUT2D eigenvalue weighted by atomic mass is 10.0. The number of nitrogens with zero attached hydrogens (tertiary/aromatic N) is 1. The SMILES string of the molecule is CCOP(=O)(CC)N(SCNC(=O)Oc1cccc2c1OC(C)(C)C2)c1ccccc1. The van der Waals surface area contributed by atoms with Crippen molar-refractivity contribution in [3.63, 3.8) is 0 Å². The maximum Gasteiger partial charge on any atom is 0.413 e. The van der Waals surface area contributed by atoms with Crippen LogP contribution in [0.2, 0.25) is 0 Å². The summed E-state index contributed by atoms with van der Waals surface area (Å²) in [4.78, 5) is 12.4. The molecule has 3 rings (SSSR count). The Kier molecular flexibility index (Phi) is 7.57. The lowest BCUT2D eigenvalue weighted by Gasteiger charge is -2.30. The van der Waals surface area contributed by atoms with E-state index in [-0.39, 0.29) is 11.5 Å². The summed E-state index contributed by atoms with van der Waals surface area (Å²) in [5.41, 5.74) is 1.43. The molecule has 1 aliphatic rings. The molecule has 0 radical (unpaired) electrons. The third kappa shape index (κ3) is 5.76. The molecule has 1 unspecified atom stereocenters. The van der Waals surface area contributed by atoms with Gasteiger partial charge in [0.25, 0.3) is 0 Å². The maximum atomic E-state index is 13.4. The first-order valence-corrected chi connectivity index (χ1v) is 13.0. The van der Waals surface area contributed by atoms with Gasteiger partial charge in [-0.15, -0.1) is 0 Å². The molecule has 0 saturated heterocycles. The van der Waals surface area contributed by atoms with Crippen molar-refractivity contribution in [3.8, 4) is 11.5 Å². The molecule has 1 aliphatic heterocycles. The molecular formula is C22H29N2O5PS. The molecule has 168 valence electrons. The standard InChI is InChI=1S/C22H29N2O5PS/c1-5-27-30(26,6-2)24(18-12-8-7-9-13-18)31-16-23-21(25)28-19-14-10-11-17-15-22(3,4)29-20(17)19/h7-14H,5-6,15-16H2,1-4H3,(H,23,25). The topological polar surface area (TPSA) is 77.1 Å². The van der Waals surface area contributed by atoms with Crippen LogP contribution in [-0.4, -0.2) is 30.3 Å². The molecule has 0 aromatic heterocycles. The number of anilines is 1. The van der Waals surface area contributed by atoms with Gasteiger partial charge in [0.2, 0.25) is 0 Å². The Balaban J connectivity index is 1.65. The Morgan fingerprint density at radius 2 is 1.94 bits per heavy atom. The highest BCUT2D eigenvalue weighted by atomic mass is 32.2. The third-order valence-corrected chi connectivity index (χ3v) is 8.71. The average Bonchev–Trinajstić information content (AvgIpc) is 3.07. The van der Waals surface area contributed by atoms with Crippen molar-refractivity contribution < 1.29 is 23.4 Å². The van der Waals surface area contributed by atoms with Crippen LogP contribution in [0.15, 0.2) is 48.5 Å². The summed E-state index contributed by atoms with van der Waals surface area (Å²) in [5, 5.41) is 2.71. The Morgan fingerprint density at radius 1 is 1.19 bits per heavy atom. The highest BCUT2D eigenvalue weighted by molar-refractivity contribution is 8.06. The number of carbonyl (C=O) groups is 1. The number of amides is 1. The van der Waals surface area contributed by atoms with E-state index in [1.165, 1.54) is 11.9 Å². The second-order valence-corrected chi connectivity index (χ2v) is 11.4. The van der Waals surface area contributed by atoms with Crippen molar-refractivity contribution in [2.75, 3.05) is 22.7 Å². The minimum absolute atomic E-state index is 0.159. The molecule has 0 fully saturated rings. The van der Waals surface area contributed by atoms with Crippen LogP contribution in [0.4, 0.5) is 10.5 Å². The monoisotopic (exact) mass is 464 g/mol. The van der Waals surface area contributed by atoms with E-state index in [0.717, 1.165) is 17.7 Å². The van der Waals surface area contributed by atoms with E-state index in [0.29, 0.717) is 24.3 Å². The first-order chi connectivity index (χ1) is 14.8. The number of hydrogen-bond acceptors (Lipinski definition) is 6. The molecule has 0 aliphatic carbocycles. The lowest BCUT2D eigenvalue weighted by molar-refractivity contribution is 0.133. The fraction of sp³-hybridized carbons (Fsp3) is 0.409. The van der Waals surface area contributed by atoms with Crippen LogP contribution in [-0.2, 0) is 15.5 Å². The molecule has 2 aromatic rings. The zero-order valence-corrected chi connectivity index (χ0v) is 20.0. The molecule has 7 nitrogen and oxygen atoms in total. The Bertz CT molecular complexity index is 954. The first kappa shape index (κ1) is 23.5. The number of ether oxygens (including phenoxy) is 2. The molecule has 1 N–H and O–H groups in total. The molecule has 31 heavy (non-hydrogen) atoms. The molecule has 1 atom stereocenters. The Hall–Kier alpha value is -2.15. The smallest absolute Gasteiger partial charge is 0.413 e.